The largest absolute Gasteiger partial charge is 0.481 e. The summed E-state index contributed by atoms with van der Waals surface area (Å²) in [6.07, 6.45) is -0.127. The van der Waals surface area contributed by atoms with Crippen LogP contribution in [0.3, 0.4) is 0 Å². The van der Waals surface area contributed by atoms with Gasteiger partial charge in [0.05, 0.1) is 22.2 Å². The number of carboxylic acid groups (broad SMARTS) is 1. The van der Waals surface area contributed by atoms with Crippen LogP contribution in [0.4, 0.5) is 10.5 Å². The number of amides is 2. The molecule has 1 aromatic carbocycles. The normalized spacial score (nSPS) is 11.8. The number of hydrogen-bond acceptors (Lipinski definition) is 2. The summed E-state index contributed by atoms with van der Waals surface area (Å²) in [4.78, 5) is 24.3. The number of halogens is 2. The molecule has 1 rings (SSSR count). The van der Waals surface area contributed by atoms with Gasteiger partial charge in [0.2, 0.25) is 0 Å². The maximum atomic E-state index is 12.2. The molecule has 2 amide bonds. The number of carbonyl (C=O) groups excluding carboxylic acids is 1. The van der Waals surface area contributed by atoms with Crippen LogP contribution in [0.25, 0.3) is 0 Å². The molecular formula is C13H16Cl2N2O3. The summed E-state index contributed by atoms with van der Waals surface area (Å²) in [7, 11) is 0. The number of para-hydroxylation sites is 1. The Bertz CT molecular complexity index is 488. The second-order valence-electron chi connectivity index (χ2n) is 4.26. The number of hydrogen-bond donors (Lipinski definition) is 2. The van der Waals surface area contributed by atoms with E-state index in [0.29, 0.717) is 22.3 Å². The fourth-order valence-electron chi connectivity index (χ4n) is 1.81. The molecule has 1 atom stereocenters. The fraction of sp³-hybridized carbons (Fsp3) is 0.385. The van der Waals surface area contributed by atoms with E-state index in [1.807, 2.05) is 0 Å². The molecule has 0 aliphatic heterocycles. The maximum absolute atomic E-state index is 12.2. The molecule has 0 aliphatic carbocycles. The standard InChI is InChI=1S/C13H16Cl2N2O3/c1-3-17(8(2)7-11(18)19)13(20)16-12-9(14)5-4-6-10(12)15/h4-6,8H,3,7H2,1-2H3,(H,16,20)(H,18,19). The van der Waals surface area contributed by atoms with Crippen molar-refractivity contribution in [3.05, 3.63) is 28.2 Å². The third-order valence-corrected chi connectivity index (χ3v) is 3.43. The summed E-state index contributed by atoms with van der Waals surface area (Å²) < 4.78 is 0. The Labute approximate surface area is 127 Å². The third-order valence-electron chi connectivity index (χ3n) is 2.80. The molecule has 0 saturated heterocycles. The molecule has 2 N–H and O–H groups in total. The molecule has 7 heteroatoms. The maximum Gasteiger partial charge on any atom is 0.322 e. The van der Waals surface area contributed by atoms with E-state index in [1.165, 1.54) is 4.90 Å². The monoisotopic (exact) mass is 318 g/mol. The van der Waals surface area contributed by atoms with Crippen molar-refractivity contribution in [3.8, 4) is 0 Å². The molecule has 0 aromatic heterocycles. The lowest BCUT2D eigenvalue weighted by atomic mass is 10.2. The van der Waals surface area contributed by atoms with Gasteiger partial charge in [-0.15, -0.1) is 0 Å². The summed E-state index contributed by atoms with van der Waals surface area (Å²) in [5.41, 5.74) is 0.321. The van der Waals surface area contributed by atoms with Crippen molar-refractivity contribution in [2.75, 3.05) is 11.9 Å². The molecule has 1 unspecified atom stereocenters. The second-order valence-corrected chi connectivity index (χ2v) is 5.07. The van der Waals surface area contributed by atoms with Crippen LogP contribution in [0.2, 0.25) is 10.0 Å². The van der Waals surface area contributed by atoms with Crippen LogP contribution >= 0.6 is 23.2 Å². The quantitative estimate of drug-likeness (QED) is 0.869. The summed E-state index contributed by atoms with van der Waals surface area (Å²) in [5.74, 6) is -0.959. The topological polar surface area (TPSA) is 69.6 Å². The lowest BCUT2D eigenvalue weighted by Gasteiger charge is -2.27. The Hall–Kier alpha value is -1.46. The fourth-order valence-corrected chi connectivity index (χ4v) is 2.31. The highest BCUT2D eigenvalue weighted by molar-refractivity contribution is 6.39. The Balaban J connectivity index is 2.85. The van der Waals surface area contributed by atoms with Gasteiger partial charge in [0.15, 0.2) is 0 Å². The number of urea groups is 1. The average Bonchev–Trinajstić information content (AvgIpc) is 2.34. The van der Waals surface area contributed by atoms with Gasteiger partial charge in [-0.1, -0.05) is 29.3 Å². The highest BCUT2D eigenvalue weighted by atomic mass is 35.5. The molecule has 0 heterocycles. The van der Waals surface area contributed by atoms with Gasteiger partial charge < -0.3 is 15.3 Å². The van der Waals surface area contributed by atoms with Crippen LogP contribution in [-0.4, -0.2) is 34.6 Å². The van der Waals surface area contributed by atoms with Crippen LogP contribution in [0, 0.1) is 0 Å². The van der Waals surface area contributed by atoms with Gasteiger partial charge in [0.1, 0.15) is 0 Å². The highest BCUT2D eigenvalue weighted by Crippen LogP contribution is 2.30. The van der Waals surface area contributed by atoms with Gasteiger partial charge in [-0.25, -0.2) is 4.79 Å². The number of aliphatic carboxylic acids is 1. The minimum absolute atomic E-state index is 0.127. The van der Waals surface area contributed by atoms with Crippen LogP contribution < -0.4 is 5.32 Å². The van der Waals surface area contributed by atoms with E-state index in [2.05, 4.69) is 5.32 Å². The number of carboxylic acids is 1. The van der Waals surface area contributed by atoms with Crippen molar-refractivity contribution in [1.82, 2.24) is 4.90 Å². The van der Waals surface area contributed by atoms with Crippen molar-refractivity contribution in [3.63, 3.8) is 0 Å². The molecule has 0 saturated carbocycles. The highest BCUT2D eigenvalue weighted by Gasteiger charge is 2.22. The average molecular weight is 319 g/mol. The van der Waals surface area contributed by atoms with E-state index in [-0.39, 0.29) is 6.42 Å². The van der Waals surface area contributed by atoms with Gasteiger partial charge in [-0.2, -0.15) is 0 Å². The molecule has 0 fully saturated rings. The Morgan fingerprint density at radius 2 is 1.90 bits per heavy atom. The molecular weight excluding hydrogens is 303 g/mol. The van der Waals surface area contributed by atoms with Gasteiger partial charge >= 0.3 is 12.0 Å². The zero-order chi connectivity index (χ0) is 15.3. The molecule has 110 valence electrons. The Kier molecular flexibility index (Phi) is 6.10. The first-order valence-corrected chi connectivity index (χ1v) is 6.85. The number of anilines is 1. The van der Waals surface area contributed by atoms with E-state index < -0.39 is 18.0 Å². The van der Waals surface area contributed by atoms with Gasteiger partial charge in [0, 0.05) is 12.6 Å². The van der Waals surface area contributed by atoms with Crippen LogP contribution in [0.1, 0.15) is 20.3 Å². The predicted octanol–water partition coefficient (Wildman–Crippen LogP) is 3.71. The van der Waals surface area contributed by atoms with Crippen LogP contribution in [-0.2, 0) is 4.79 Å². The zero-order valence-electron chi connectivity index (χ0n) is 11.2. The number of nitrogens with one attached hydrogen (secondary N) is 1. The van der Waals surface area contributed by atoms with Crippen molar-refractivity contribution >= 4 is 40.9 Å². The van der Waals surface area contributed by atoms with Gasteiger partial charge in [-0.3, -0.25) is 4.79 Å². The smallest absolute Gasteiger partial charge is 0.322 e. The van der Waals surface area contributed by atoms with Crippen molar-refractivity contribution in [2.45, 2.75) is 26.3 Å². The number of nitrogens with zero attached hydrogens (tertiary/aromatic N) is 1. The lowest BCUT2D eigenvalue weighted by Crippen LogP contribution is -2.42. The first-order chi connectivity index (χ1) is 9.36. The predicted molar refractivity (Wildman–Crippen MR) is 79.6 cm³/mol. The number of carbonyl (C=O) groups is 2. The minimum Gasteiger partial charge on any atom is -0.481 e. The SMILES string of the molecule is CCN(C(=O)Nc1c(Cl)cccc1Cl)C(C)CC(=O)O. The Morgan fingerprint density at radius 1 is 1.35 bits per heavy atom. The van der Waals surface area contributed by atoms with Crippen LogP contribution in [0.15, 0.2) is 18.2 Å². The number of benzene rings is 1. The van der Waals surface area contributed by atoms with Crippen LogP contribution in [0.5, 0.6) is 0 Å². The van der Waals surface area contributed by atoms with Crippen molar-refractivity contribution < 1.29 is 14.7 Å². The molecule has 1 aromatic rings. The van der Waals surface area contributed by atoms with E-state index in [0.717, 1.165) is 0 Å². The van der Waals surface area contributed by atoms with Gasteiger partial charge in [0.25, 0.3) is 0 Å². The van der Waals surface area contributed by atoms with Crippen molar-refractivity contribution in [1.29, 1.82) is 0 Å². The molecule has 0 radical (unpaired) electrons. The first kappa shape index (κ1) is 16.6. The summed E-state index contributed by atoms with van der Waals surface area (Å²) >= 11 is 11.9. The summed E-state index contributed by atoms with van der Waals surface area (Å²) in [6, 6.07) is 4.03. The molecule has 0 bridgehead atoms. The molecule has 5 nitrogen and oxygen atoms in total. The van der Waals surface area contributed by atoms with Crippen molar-refractivity contribution in [2.24, 2.45) is 0 Å². The summed E-state index contributed by atoms with van der Waals surface area (Å²) in [6.45, 7) is 3.82. The Morgan fingerprint density at radius 3 is 2.35 bits per heavy atom. The second kappa shape index (κ2) is 7.36. The summed E-state index contributed by atoms with van der Waals surface area (Å²) in [5, 5.41) is 12.1. The van der Waals surface area contributed by atoms with E-state index in [4.69, 9.17) is 28.3 Å². The van der Waals surface area contributed by atoms with Gasteiger partial charge in [-0.05, 0) is 26.0 Å². The third kappa shape index (κ3) is 4.28. The van der Waals surface area contributed by atoms with E-state index in [1.54, 1.807) is 32.0 Å². The zero-order valence-corrected chi connectivity index (χ0v) is 12.7. The first-order valence-electron chi connectivity index (χ1n) is 6.10. The number of rotatable bonds is 5. The lowest BCUT2D eigenvalue weighted by molar-refractivity contribution is -0.137. The molecule has 0 spiro atoms. The molecule has 20 heavy (non-hydrogen) atoms. The van der Waals surface area contributed by atoms with E-state index in [9.17, 15) is 9.59 Å². The minimum atomic E-state index is -0.959. The molecule has 0 aliphatic rings. The van der Waals surface area contributed by atoms with E-state index >= 15 is 0 Å².